The van der Waals surface area contributed by atoms with Crippen molar-refractivity contribution >= 4 is 21.9 Å². The van der Waals surface area contributed by atoms with Crippen LogP contribution in [0.5, 0.6) is 0 Å². The van der Waals surface area contributed by atoms with Crippen LogP contribution in [0.3, 0.4) is 0 Å². The number of hydrogen-bond donors (Lipinski definition) is 1. The van der Waals surface area contributed by atoms with Crippen LogP contribution >= 0.6 is 15.9 Å². The summed E-state index contributed by atoms with van der Waals surface area (Å²) in [6.07, 6.45) is 2.24. The highest BCUT2D eigenvalue weighted by molar-refractivity contribution is 9.10. The van der Waals surface area contributed by atoms with Gasteiger partial charge in [0.2, 0.25) is 0 Å². The Hall–Kier alpha value is -3.18. The van der Waals surface area contributed by atoms with E-state index in [-0.39, 0.29) is 0 Å². The molecule has 1 aromatic heterocycles. The zero-order valence-electron chi connectivity index (χ0n) is 17.4. The Morgan fingerprint density at radius 3 is 2.42 bits per heavy atom. The number of carboxylic acids is 1. The van der Waals surface area contributed by atoms with Crippen molar-refractivity contribution in [1.82, 2.24) is 9.78 Å². The molecule has 0 radical (unpaired) electrons. The fourth-order valence-electron chi connectivity index (χ4n) is 3.78. The number of benzene rings is 3. The van der Waals surface area contributed by atoms with Gasteiger partial charge in [-0.3, -0.25) is 4.79 Å². The van der Waals surface area contributed by atoms with Gasteiger partial charge in [0.15, 0.2) is 0 Å². The van der Waals surface area contributed by atoms with Gasteiger partial charge in [0.1, 0.15) is 0 Å². The van der Waals surface area contributed by atoms with Crippen molar-refractivity contribution in [3.8, 4) is 16.8 Å². The van der Waals surface area contributed by atoms with Gasteiger partial charge in [-0.1, -0.05) is 64.0 Å². The van der Waals surface area contributed by atoms with Gasteiger partial charge >= 0.3 is 5.97 Å². The molecule has 4 nitrogen and oxygen atoms in total. The molecule has 4 rings (SSSR count). The predicted octanol–water partition coefficient (Wildman–Crippen LogP) is 6.33. The molecule has 0 saturated heterocycles. The van der Waals surface area contributed by atoms with E-state index in [1.54, 1.807) is 0 Å². The predicted molar refractivity (Wildman–Crippen MR) is 127 cm³/mol. The van der Waals surface area contributed by atoms with Crippen LogP contribution in [-0.4, -0.2) is 20.9 Å². The fourth-order valence-corrected chi connectivity index (χ4v) is 4.05. The van der Waals surface area contributed by atoms with E-state index in [9.17, 15) is 9.90 Å². The van der Waals surface area contributed by atoms with Crippen molar-refractivity contribution in [1.29, 1.82) is 0 Å². The van der Waals surface area contributed by atoms with Crippen molar-refractivity contribution in [3.05, 3.63) is 106 Å². The summed E-state index contributed by atoms with van der Waals surface area (Å²) in [6, 6.07) is 24.1. The van der Waals surface area contributed by atoms with E-state index >= 15 is 0 Å². The van der Waals surface area contributed by atoms with Crippen LogP contribution in [0.25, 0.3) is 16.8 Å². The molecule has 1 unspecified atom stereocenters. The zero-order valence-corrected chi connectivity index (χ0v) is 19.0. The maximum absolute atomic E-state index is 11.9. The van der Waals surface area contributed by atoms with Gasteiger partial charge in [0.05, 0.1) is 17.3 Å². The lowest BCUT2D eigenvalue weighted by molar-refractivity contribution is -0.138. The smallest absolute Gasteiger partial charge is 0.311 e. The first kappa shape index (κ1) is 21.1. The average Bonchev–Trinajstić information content (AvgIpc) is 3.20. The van der Waals surface area contributed by atoms with Crippen LogP contribution < -0.4 is 0 Å². The van der Waals surface area contributed by atoms with Crippen LogP contribution in [0.15, 0.2) is 83.5 Å². The molecule has 156 valence electrons. The summed E-state index contributed by atoms with van der Waals surface area (Å²) in [5, 5.41) is 14.4. The molecule has 0 saturated carbocycles. The summed E-state index contributed by atoms with van der Waals surface area (Å²) in [5.41, 5.74) is 6.99. The molecular weight excluding hydrogens is 452 g/mol. The van der Waals surface area contributed by atoms with Crippen LogP contribution in [0.2, 0.25) is 0 Å². The second-order valence-corrected chi connectivity index (χ2v) is 8.68. The van der Waals surface area contributed by atoms with E-state index < -0.39 is 11.9 Å². The van der Waals surface area contributed by atoms with E-state index in [1.165, 1.54) is 0 Å². The largest absolute Gasteiger partial charge is 0.481 e. The van der Waals surface area contributed by atoms with Crippen molar-refractivity contribution in [2.75, 3.05) is 0 Å². The molecule has 1 heterocycles. The van der Waals surface area contributed by atoms with Gasteiger partial charge in [0, 0.05) is 17.1 Å². The first-order valence-electron chi connectivity index (χ1n) is 10.1. The molecule has 0 fully saturated rings. The van der Waals surface area contributed by atoms with Gasteiger partial charge in [-0.25, -0.2) is 4.68 Å². The second-order valence-electron chi connectivity index (χ2n) is 7.77. The van der Waals surface area contributed by atoms with Gasteiger partial charge in [-0.15, -0.1) is 0 Å². The van der Waals surface area contributed by atoms with Crippen molar-refractivity contribution in [3.63, 3.8) is 0 Å². The molecule has 0 amide bonds. The Labute approximate surface area is 190 Å². The van der Waals surface area contributed by atoms with Crippen LogP contribution in [0, 0.1) is 13.8 Å². The van der Waals surface area contributed by atoms with Crippen LogP contribution in [0.1, 0.15) is 28.3 Å². The Bertz CT molecular complexity index is 1230. The van der Waals surface area contributed by atoms with Gasteiger partial charge in [-0.05, 0) is 66.4 Å². The molecule has 3 aromatic carbocycles. The number of aliphatic carboxylic acids is 1. The maximum atomic E-state index is 11.9. The summed E-state index contributed by atoms with van der Waals surface area (Å²) in [4.78, 5) is 11.9. The lowest BCUT2D eigenvalue weighted by Gasteiger charge is -2.12. The number of carboxylic acid groups (broad SMARTS) is 1. The minimum atomic E-state index is -0.838. The minimum absolute atomic E-state index is 0.349. The fraction of sp³-hybridized carbons (Fsp3) is 0.154. The number of hydrogen-bond acceptors (Lipinski definition) is 2. The Kier molecular flexibility index (Phi) is 6.05. The lowest BCUT2D eigenvalue weighted by Crippen LogP contribution is -2.15. The maximum Gasteiger partial charge on any atom is 0.311 e. The number of rotatable bonds is 6. The number of carbonyl (C=O) groups is 1. The molecule has 0 aliphatic carbocycles. The summed E-state index contributed by atoms with van der Waals surface area (Å²) >= 11 is 3.47. The quantitative estimate of drug-likeness (QED) is 0.355. The minimum Gasteiger partial charge on any atom is -0.481 e. The van der Waals surface area contributed by atoms with Crippen molar-refractivity contribution in [2.45, 2.75) is 26.2 Å². The number of aryl methyl sites for hydroxylation is 2. The molecule has 0 spiro atoms. The van der Waals surface area contributed by atoms with E-state index in [0.29, 0.717) is 6.42 Å². The van der Waals surface area contributed by atoms with E-state index in [4.69, 9.17) is 0 Å². The first-order chi connectivity index (χ1) is 14.9. The van der Waals surface area contributed by atoms with Crippen LogP contribution in [-0.2, 0) is 11.2 Å². The number of aromatic nitrogens is 2. The first-order valence-corrected chi connectivity index (χ1v) is 10.9. The standard InChI is InChI=1S/C26H23BrN2O2/c1-17-4-3-5-21(14-17)24(26(30)31)16-23-12-13-29(28-23)25-11-8-20(15-18(25)2)19-6-9-22(27)10-7-19/h3-15,24H,16H2,1-2H3,(H,30,31). The van der Waals surface area contributed by atoms with E-state index in [2.05, 4.69) is 58.3 Å². The monoisotopic (exact) mass is 474 g/mol. The van der Waals surface area contributed by atoms with E-state index in [0.717, 1.165) is 43.7 Å². The Morgan fingerprint density at radius 2 is 1.74 bits per heavy atom. The third kappa shape index (κ3) is 4.78. The highest BCUT2D eigenvalue weighted by Crippen LogP contribution is 2.26. The molecule has 0 aliphatic rings. The second kappa shape index (κ2) is 8.90. The summed E-state index contributed by atoms with van der Waals surface area (Å²) in [5.74, 6) is -1.46. The Morgan fingerprint density at radius 1 is 1.00 bits per heavy atom. The molecule has 1 atom stereocenters. The Balaban J connectivity index is 1.58. The van der Waals surface area contributed by atoms with Crippen molar-refractivity contribution < 1.29 is 9.90 Å². The third-order valence-corrected chi connectivity index (χ3v) is 5.95. The lowest BCUT2D eigenvalue weighted by atomic mass is 9.93. The molecule has 4 aromatic rings. The molecular formula is C26H23BrN2O2. The number of halogens is 1. The molecule has 1 N–H and O–H groups in total. The molecule has 31 heavy (non-hydrogen) atoms. The number of nitrogens with zero attached hydrogens (tertiary/aromatic N) is 2. The summed E-state index contributed by atoms with van der Waals surface area (Å²) in [6.45, 7) is 4.03. The van der Waals surface area contributed by atoms with Gasteiger partial charge in [0.25, 0.3) is 0 Å². The average molecular weight is 475 g/mol. The van der Waals surface area contributed by atoms with Crippen LogP contribution in [0.4, 0.5) is 0 Å². The summed E-state index contributed by atoms with van der Waals surface area (Å²) in [7, 11) is 0. The molecule has 5 heteroatoms. The topological polar surface area (TPSA) is 55.1 Å². The zero-order chi connectivity index (χ0) is 22.0. The highest BCUT2D eigenvalue weighted by Gasteiger charge is 2.22. The van der Waals surface area contributed by atoms with E-state index in [1.807, 2.05) is 60.3 Å². The highest BCUT2D eigenvalue weighted by atomic mass is 79.9. The molecule has 0 aliphatic heterocycles. The van der Waals surface area contributed by atoms with Gasteiger partial charge in [-0.2, -0.15) is 5.10 Å². The van der Waals surface area contributed by atoms with Crippen molar-refractivity contribution in [2.24, 2.45) is 0 Å². The third-order valence-electron chi connectivity index (χ3n) is 5.42. The summed E-state index contributed by atoms with van der Waals surface area (Å²) < 4.78 is 2.88. The SMILES string of the molecule is Cc1cccc(C(Cc2ccn(-c3ccc(-c4ccc(Br)cc4)cc3C)n2)C(=O)O)c1. The molecule has 0 bridgehead atoms. The normalized spacial score (nSPS) is 12.0. The van der Waals surface area contributed by atoms with Gasteiger partial charge < -0.3 is 5.11 Å².